The molecule has 20 heavy (non-hydrogen) atoms. The van der Waals surface area contributed by atoms with Crippen LogP contribution in [0.5, 0.6) is 0 Å². The third-order valence-corrected chi connectivity index (χ3v) is 4.40. The Balaban J connectivity index is 1.83. The van der Waals surface area contributed by atoms with Gasteiger partial charge in [-0.3, -0.25) is 4.68 Å². The maximum absolute atomic E-state index is 5.95. The Morgan fingerprint density at radius 2 is 2.30 bits per heavy atom. The third-order valence-electron chi connectivity index (χ3n) is 2.61. The van der Waals surface area contributed by atoms with Crippen LogP contribution in [0.3, 0.4) is 0 Å². The van der Waals surface area contributed by atoms with Gasteiger partial charge in [-0.2, -0.15) is 9.47 Å². The van der Waals surface area contributed by atoms with Gasteiger partial charge in [0, 0.05) is 18.1 Å². The molecule has 3 rings (SSSR count). The van der Waals surface area contributed by atoms with E-state index in [0.29, 0.717) is 12.4 Å². The molecule has 3 aromatic rings. The van der Waals surface area contributed by atoms with Gasteiger partial charge in [0.1, 0.15) is 22.2 Å². The highest BCUT2D eigenvalue weighted by Gasteiger charge is 2.16. The molecule has 0 unspecified atom stereocenters. The van der Waals surface area contributed by atoms with Crippen molar-refractivity contribution in [2.45, 2.75) is 13.5 Å². The number of nitrogens with two attached hydrogens (primary N) is 1. The second-order valence-electron chi connectivity index (χ2n) is 4.25. The highest BCUT2D eigenvalue weighted by atomic mass is 32.1. The van der Waals surface area contributed by atoms with Crippen LogP contribution in [0.25, 0.3) is 10.6 Å². The molecule has 0 amide bonds. The number of nitrogens with one attached hydrogen (secondary N) is 1. The van der Waals surface area contributed by atoms with Crippen molar-refractivity contribution < 1.29 is 0 Å². The van der Waals surface area contributed by atoms with E-state index in [2.05, 4.69) is 24.8 Å². The molecule has 3 heterocycles. The van der Waals surface area contributed by atoms with E-state index in [1.165, 1.54) is 11.5 Å². The van der Waals surface area contributed by atoms with E-state index in [9.17, 15) is 0 Å². The lowest BCUT2D eigenvalue weighted by molar-refractivity contribution is 0.747. The first kappa shape index (κ1) is 13.0. The van der Waals surface area contributed by atoms with Gasteiger partial charge in [-0.25, -0.2) is 9.97 Å². The van der Waals surface area contributed by atoms with Gasteiger partial charge in [-0.1, -0.05) is 0 Å². The Kier molecular flexibility index (Phi) is 3.36. The molecule has 104 valence electrons. The molecule has 0 spiro atoms. The SMILES string of the molecule is Cc1csc(-c2c(N)nsc2NCc2ncn(C)n2)n1. The standard InChI is InChI=1S/C11H13N7S2/c1-6-4-19-11(15-6)8-9(12)17-20-10(8)13-3-7-14-5-18(2)16-7/h4-5,13H,3H2,1-2H3,(H2,12,17). The number of nitrogens with zero attached hydrogens (tertiary/aromatic N) is 5. The fourth-order valence-corrected chi connectivity index (χ4v) is 3.35. The van der Waals surface area contributed by atoms with E-state index in [1.54, 1.807) is 22.3 Å². The fraction of sp³-hybridized carbons (Fsp3) is 0.273. The van der Waals surface area contributed by atoms with Gasteiger partial charge in [-0.05, 0) is 18.5 Å². The zero-order valence-corrected chi connectivity index (χ0v) is 12.6. The predicted octanol–water partition coefficient (Wildman–Crippen LogP) is 1.90. The number of thiazole rings is 1. The largest absolute Gasteiger partial charge is 0.382 e. The van der Waals surface area contributed by atoms with Crippen molar-refractivity contribution in [2.75, 3.05) is 11.1 Å². The number of anilines is 2. The van der Waals surface area contributed by atoms with Gasteiger partial charge in [0.05, 0.1) is 12.1 Å². The Bertz CT molecular complexity index is 727. The monoisotopic (exact) mass is 307 g/mol. The molecule has 3 N–H and O–H groups in total. The lowest BCUT2D eigenvalue weighted by Gasteiger charge is -2.02. The van der Waals surface area contributed by atoms with Crippen molar-refractivity contribution >= 4 is 33.7 Å². The average molecular weight is 307 g/mol. The number of rotatable bonds is 4. The highest BCUT2D eigenvalue weighted by Crippen LogP contribution is 2.38. The van der Waals surface area contributed by atoms with E-state index < -0.39 is 0 Å². The minimum atomic E-state index is 0.501. The Morgan fingerprint density at radius 3 is 2.95 bits per heavy atom. The van der Waals surface area contributed by atoms with Gasteiger partial charge >= 0.3 is 0 Å². The highest BCUT2D eigenvalue weighted by molar-refractivity contribution is 7.15. The van der Waals surface area contributed by atoms with E-state index in [4.69, 9.17) is 5.73 Å². The van der Waals surface area contributed by atoms with Crippen molar-refractivity contribution in [3.05, 3.63) is 23.2 Å². The van der Waals surface area contributed by atoms with Gasteiger partial charge in [-0.15, -0.1) is 11.3 Å². The van der Waals surface area contributed by atoms with Crippen LogP contribution in [-0.2, 0) is 13.6 Å². The van der Waals surface area contributed by atoms with Crippen LogP contribution in [0.2, 0.25) is 0 Å². The molecular formula is C11H13N7S2. The summed E-state index contributed by atoms with van der Waals surface area (Å²) in [5.74, 6) is 1.22. The molecule has 0 fully saturated rings. The predicted molar refractivity (Wildman–Crippen MR) is 80.7 cm³/mol. The summed E-state index contributed by atoms with van der Waals surface area (Å²) >= 11 is 2.89. The van der Waals surface area contributed by atoms with Crippen molar-refractivity contribution in [1.82, 2.24) is 24.1 Å². The first-order chi connectivity index (χ1) is 9.63. The minimum absolute atomic E-state index is 0.501. The van der Waals surface area contributed by atoms with Crippen molar-refractivity contribution in [3.8, 4) is 10.6 Å². The van der Waals surface area contributed by atoms with E-state index in [0.717, 1.165) is 27.1 Å². The fourth-order valence-electron chi connectivity index (χ4n) is 1.72. The maximum atomic E-state index is 5.95. The van der Waals surface area contributed by atoms with Crippen LogP contribution in [0.1, 0.15) is 11.5 Å². The normalized spacial score (nSPS) is 10.9. The zero-order valence-electron chi connectivity index (χ0n) is 11.0. The molecule has 7 nitrogen and oxygen atoms in total. The molecule has 3 aromatic heterocycles. The summed E-state index contributed by atoms with van der Waals surface area (Å²) in [4.78, 5) is 8.64. The third kappa shape index (κ3) is 2.49. The topological polar surface area (TPSA) is 94.5 Å². The summed E-state index contributed by atoms with van der Waals surface area (Å²) in [6.07, 6.45) is 1.67. The van der Waals surface area contributed by atoms with Crippen LogP contribution in [0, 0.1) is 6.92 Å². The van der Waals surface area contributed by atoms with Crippen LogP contribution in [0.15, 0.2) is 11.7 Å². The quantitative estimate of drug-likeness (QED) is 0.764. The molecule has 0 bridgehead atoms. The number of aromatic nitrogens is 5. The van der Waals surface area contributed by atoms with Crippen molar-refractivity contribution in [3.63, 3.8) is 0 Å². The van der Waals surface area contributed by atoms with Gasteiger partial charge in [0.15, 0.2) is 5.82 Å². The molecule has 0 aromatic carbocycles. The second kappa shape index (κ2) is 5.17. The molecular weight excluding hydrogens is 294 g/mol. The van der Waals surface area contributed by atoms with E-state index in [1.807, 2.05) is 19.4 Å². The molecule has 0 atom stereocenters. The van der Waals surface area contributed by atoms with E-state index in [-0.39, 0.29) is 0 Å². The molecule has 0 aliphatic heterocycles. The number of aryl methyl sites for hydroxylation is 2. The summed E-state index contributed by atoms with van der Waals surface area (Å²) in [7, 11) is 1.84. The Hall–Kier alpha value is -2.00. The summed E-state index contributed by atoms with van der Waals surface area (Å²) in [5, 5.41) is 11.3. The van der Waals surface area contributed by atoms with Crippen LogP contribution in [-0.4, -0.2) is 24.1 Å². The Morgan fingerprint density at radius 1 is 1.45 bits per heavy atom. The molecule has 0 saturated carbocycles. The second-order valence-corrected chi connectivity index (χ2v) is 5.89. The van der Waals surface area contributed by atoms with Gasteiger partial charge in [0.25, 0.3) is 0 Å². The summed E-state index contributed by atoms with van der Waals surface area (Å²) in [5.41, 5.74) is 7.79. The summed E-state index contributed by atoms with van der Waals surface area (Å²) < 4.78 is 5.87. The molecule has 0 aliphatic rings. The van der Waals surface area contributed by atoms with Gasteiger partial charge in [0.2, 0.25) is 0 Å². The Labute approximate surface area is 123 Å². The van der Waals surface area contributed by atoms with Crippen LogP contribution >= 0.6 is 22.9 Å². The summed E-state index contributed by atoms with van der Waals surface area (Å²) in [6, 6.07) is 0. The lowest BCUT2D eigenvalue weighted by atomic mass is 10.3. The zero-order chi connectivity index (χ0) is 14.1. The number of hydrogen-bond acceptors (Lipinski definition) is 8. The van der Waals surface area contributed by atoms with E-state index >= 15 is 0 Å². The van der Waals surface area contributed by atoms with Gasteiger partial charge < -0.3 is 11.1 Å². The first-order valence-corrected chi connectivity index (χ1v) is 7.55. The maximum Gasteiger partial charge on any atom is 0.169 e. The molecule has 0 saturated heterocycles. The van der Waals surface area contributed by atoms with Crippen LogP contribution < -0.4 is 11.1 Å². The number of nitrogen functional groups attached to an aromatic ring is 1. The first-order valence-electron chi connectivity index (χ1n) is 5.89. The minimum Gasteiger partial charge on any atom is -0.382 e. The average Bonchev–Trinajstić information content (AvgIpc) is 3.09. The smallest absolute Gasteiger partial charge is 0.169 e. The molecule has 9 heteroatoms. The van der Waals surface area contributed by atoms with Crippen LogP contribution in [0.4, 0.5) is 10.8 Å². The van der Waals surface area contributed by atoms with Crippen molar-refractivity contribution in [1.29, 1.82) is 0 Å². The molecule has 0 aliphatic carbocycles. The lowest BCUT2D eigenvalue weighted by Crippen LogP contribution is -2.02. The number of hydrogen-bond donors (Lipinski definition) is 2. The molecule has 0 radical (unpaired) electrons. The summed E-state index contributed by atoms with van der Waals surface area (Å²) in [6.45, 7) is 2.49. The van der Waals surface area contributed by atoms with Crippen molar-refractivity contribution in [2.24, 2.45) is 7.05 Å².